The van der Waals surface area contributed by atoms with Gasteiger partial charge in [0.2, 0.25) is 0 Å². The highest BCUT2D eigenvalue weighted by Crippen LogP contribution is 2.24. The van der Waals surface area contributed by atoms with Crippen LogP contribution in [0.3, 0.4) is 0 Å². The Kier molecular flexibility index (Phi) is 5.92. The number of nitrogens with one attached hydrogen (secondary N) is 2. The van der Waals surface area contributed by atoms with E-state index >= 15 is 0 Å². The van der Waals surface area contributed by atoms with Crippen molar-refractivity contribution in [3.05, 3.63) is 28.3 Å². The van der Waals surface area contributed by atoms with Crippen LogP contribution in [0, 0.1) is 10.1 Å². The van der Waals surface area contributed by atoms with Crippen LogP contribution < -0.4 is 10.6 Å². The molecule has 7 nitrogen and oxygen atoms in total. The number of anilines is 2. The van der Waals surface area contributed by atoms with Crippen molar-refractivity contribution in [3.63, 3.8) is 0 Å². The van der Waals surface area contributed by atoms with Crippen molar-refractivity contribution in [1.29, 1.82) is 0 Å². The Balaban J connectivity index is 2.84. The third kappa shape index (κ3) is 5.97. The Bertz CT molecular complexity index is 489. The average molecular weight is 296 g/mol. The quantitative estimate of drug-likeness (QED) is 0.500. The number of likely N-dealkylation sites (N-methyl/N-ethyl adjacent to an activating group) is 1. The van der Waals surface area contributed by atoms with E-state index < -0.39 is 10.5 Å². The molecule has 0 saturated carbocycles. The normalized spacial score (nSPS) is 13.8. The van der Waals surface area contributed by atoms with Gasteiger partial charge in [-0.1, -0.05) is 0 Å². The summed E-state index contributed by atoms with van der Waals surface area (Å²) in [6, 6.07) is 4.75. The number of benzene rings is 1. The molecule has 1 atom stereocenters. The molecule has 0 aliphatic heterocycles. The second-order valence-electron chi connectivity index (χ2n) is 5.64. The second-order valence-corrected chi connectivity index (χ2v) is 5.64. The van der Waals surface area contributed by atoms with Gasteiger partial charge in [-0.25, -0.2) is 0 Å². The molecule has 21 heavy (non-hydrogen) atoms. The summed E-state index contributed by atoms with van der Waals surface area (Å²) < 4.78 is 0. The summed E-state index contributed by atoms with van der Waals surface area (Å²) in [6.45, 7) is 5.13. The van der Waals surface area contributed by atoms with E-state index in [2.05, 4.69) is 10.6 Å². The van der Waals surface area contributed by atoms with Crippen molar-refractivity contribution < 1.29 is 10.0 Å². The Labute approximate surface area is 125 Å². The predicted octanol–water partition coefficient (Wildman–Crippen LogP) is 1.75. The van der Waals surface area contributed by atoms with Gasteiger partial charge < -0.3 is 20.6 Å². The van der Waals surface area contributed by atoms with Crippen LogP contribution in [0.25, 0.3) is 0 Å². The Morgan fingerprint density at radius 2 is 1.86 bits per heavy atom. The minimum Gasteiger partial charge on any atom is -0.387 e. The molecule has 0 bridgehead atoms. The molecule has 1 unspecified atom stereocenters. The maximum atomic E-state index is 11.0. The first-order valence-corrected chi connectivity index (χ1v) is 6.88. The van der Waals surface area contributed by atoms with Gasteiger partial charge in [0, 0.05) is 43.1 Å². The van der Waals surface area contributed by atoms with Gasteiger partial charge in [-0.15, -0.1) is 0 Å². The molecule has 7 heteroatoms. The van der Waals surface area contributed by atoms with Crippen LogP contribution in [-0.2, 0) is 0 Å². The van der Waals surface area contributed by atoms with Crippen molar-refractivity contribution in [2.24, 2.45) is 0 Å². The number of nitro groups is 1. The molecule has 0 aliphatic carbocycles. The van der Waals surface area contributed by atoms with E-state index in [0.29, 0.717) is 31.0 Å². The molecule has 1 aromatic rings. The van der Waals surface area contributed by atoms with Crippen molar-refractivity contribution in [1.82, 2.24) is 4.90 Å². The Hall–Kier alpha value is -1.86. The molecule has 0 fully saturated rings. The first-order chi connectivity index (χ1) is 9.73. The van der Waals surface area contributed by atoms with Crippen molar-refractivity contribution in [2.45, 2.75) is 19.4 Å². The summed E-state index contributed by atoms with van der Waals surface area (Å²) in [4.78, 5) is 12.4. The lowest BCUT2D eigenvalue weighted by Crippen LogP contribution is -2.43. The zero-order valence-corrected chi connectivity index (χ0v) is 13.0. The lowest BCUT2D eigenvalue weighted by molar-refractivity contribution is -0.384. The SMILES string of the molecule is CCNc1cc(NCC(C)(O)CN(C)C)cc([N+](=O)[O-])c1. The van der Waals surface area contributed by atoms with E-state index in [1.165, 1.54) is 12.1 Å². The van der Waals surface area contributed by atoms with E-state index in [-0.39, 0.29) is 5.69 Å². The van der Waals surface area contributed by atoms with Gasteiger partial charge in [0.05, 0.1) is 10.5 Å². The molecule has 0 heterocycles. The summed E-state index contributed by atoms with van der Waals surface area (Å²) in [7, 11) is 3.76. The van der Waals surface area contributed by atoms with Gasteiger partial charge in [-0.2, -0.15) is 0 Å². The lowest BCUT2D eigenvalue weighted by Gasteiger charge is -2.27. The van der Waals surface area contributed by atoms with E-state index in [4.69, 9.17) is 0 Å². The zero-order valence-electron chi connectivity index (χ0n) is 13.0. The number of nitrogens with zero attached hydrogens (tertiary/aromatic N) is 2. The monoisotopic (exact) mass is 296 g/mol. The van der Waals surface area contributed by atoms with Gasteiger partial charge in [-0.05, 0) is 34.0 Å². The summed E-state index contributed by atoms with van der Waals surface area (Å²) >= 11 is 0. The third-order valence-electron chi connectivity index (χ3n) is 2.84. The van der Waals surface area contributed by atoms with E-state index in [0.717, 1.165) is 0 Å². The summed E-state index contributed by atoms with van der Waals surface area (Å²) in [6.07, 6.45) is 0. The number of non-ortho nitro benzene ring substituents is 1. The smallest absolute Gasteiger partial charge is 0.273 e. The fourth-order valence-electron chi connectivity index (χ4n) is 2.15. The van der Waals surface area contributed by atoms with Gasteiger partial charge in [-0.3, -0.25) is 10.1 Å². The summed E-state index contributed by atoms with van der Waals surface area (Å²) in [5.41, 5.74) is 0.385. The average Bonchev–Trinajstić information content (AvgIpc) is 2.35. The molecule has 0 aromatic heterocycles. The van der Waals surface area contributed by atoms with Crippen LogP contribution in [-0.4, -0.2) is 54.3 Å². The number of rotatable bonds is 8. The van der Waals surface area contributed by atoms with Gasteiger partial charge in [0.25, 0.3) is 5.69 Å². The molecule has 0 spiro atoms. The topological polar surface area (TPSA) is 90.7 Å². The molecule has 0 radical (unpaired) electrons. The van der Waals surface area contributed by atoms with Gasteiger partial charge >= 0.3 is 0 Å². The molecule has 118 valence electrons. The Morgan fingerprint density at radius 1 is 1.29 bits per heavy atom. The highest BCUT2D eigenvalue weighted by Gasteiger charge is 2.21. The molecule has 0 aliphatic rings. The molecule has 1 rings (SSSR count). The van der Waals surface area contributed by atoms with Crippen LogP contribution in [0.2, 0.25) is 0 Å². The summed E-state index contributed by atoms with van der Waals surface area (Å²) in [5.74, 6) is 0. The maximum Gasteiger partial charge on any atom is 0.273 e. The minimum atomic E-state index is -0.924. The highest BCUT2D eigenvalue weighted by atomic mass is 16.6. The predicted molar refractivity (Wildman–Crippen MR) is 84.9 cm³/mol. The number of hydrogen-bond donors (Lipinski definition) is 3. The lowest BCUT2D eigenvalue weighted by atomic mass is 10.1. The van der Waals surface area contributed by atoms with Gasteiger partial charge in [0.1, 0.15) is 0 Å². The van der Waals surface area contributed by atoms with Crippen LogP contribution in [0.15, 0.2) is 18.2 Å². The van der Waals surface area contributed by atoms with Crippen molar-refractivity contribution in [2.75, 3.05) is 44.4 Å². The van der Waals surface area contributed by atoms with Crippen LogP contribution in [0.5, 0.6) is 0 Å². The fraction of sp³-hybridized carbons (Fsp3) is 0.571. The van der Waals surface area contributed by atoms with Crippen molar-refractivity contribution >= 4 is 17.1 Å². The zero-order chi connectivity index (χ0) is 16.0. The molecular formula is C14H24N4O3. The standard InChI is InChI=1S/C14H24N4O3/c1-5-15-11-6-12(8-13(7-11)18(20)21)16-9-14(2,19)10-17(3)4/h6-8,15-16,19H,5,9-10H2,1-4H3. The molecular weight excluding hydrogens is 272 g/mol. The maximum absolute atomic E-state index is 11.0. The molecule has 0 amide bonds. The highest BCUT2D eigenvalue weighted by molar-refractivity contribution is 5.63. The summed E-state index contributed by atoms with van der Waals surface area (Å²) in [5, 5.41) is 27.3. The molecule has 3 N–H and O–H groups in total. The number of nitro benzene ring substituents is 1. The van der Waals surface area contributed by atoms with Crippen LogP contribution >= 0.6 is 0 Å². The first kappa shape index (κ1) is 17.2. The second kappa shape index (κ2) is 7.24. The van der Waals surface area contributed by atoms with Crippen LogP contribution in [0.1, 0.15) is 13.8 Å². The number of aliphatic hydroxyl groups is 1. The van der Waals surface area contributed by atoms with Crippen molar-refractivity contribution in [3.8, 4) is 0 Å². The van der Waals surface area contributed by atoms with E-state index in [1.54, 1.807) is 13.0 Å². The van der Waals surface area contributed by atoms with Gasteiger partial charge in [0.15, 0.2) is 0 Å². The minimum absolute atomic E-state index is 0.0169. The van der Waals surface area contributed by atoms with Crippen LogP contribution in [0.4, 0.5) is 17.1 Å². The van der Waals surface area contributed by atoms with E-state index in [9.17, 15) is 15.2 Å². The molecule has 0 saturated heterocycles. The Morgan fingerprint density at radius 3 is 2.33 bits per heavy atom. The number of hydrogen-bond acceptors (Lipinski definition) is 6. The largest absolute Gasteiger partial charge is 0.387 e. The first-order valence-electron chi connectivity index (χ1n) is 6.88. The molecule has 1 aromatic carbocycles. The third-order valence-corrected chi connectivity index (χ3v) is 2.84. The van der Waals surface area contributed by atoms with E-state index in [1.807, 2.05) is 25.9 Å². The fourth-order valence-corrected chi connectivity index (χ4v) is 2.15.